The lowest BCUT2D eigenvalue weighted by atomic mass is 10.3. The van der Waals surface area contributed by atoms with E-state index in [2.05, 4.69) is 23.0 Å². The van der Waals surface area contributed by atoms with Crippen molar-refractivity contribution < 1.29 is 37.2 Å². The van der Waals surface area contributed by atoms with Crippen LogP contribution in [0.3, 0.4) is 0 Å². The maximum Gasteiger partial charge on any atom is 0.473 e. The van der Waals surface area contributed by atoms with Gasteiger partial charge in [0.1, 0.15) is 0 Å². The van der Waals surface area contributed by atoms with Crippen LogP contribution in [0.4, 0.5) is 0 Å². The van der Waals surface area contributed by atoms with E-state index < -0.39 is 7.82 Å². The molecule has 0 rings (SSSR count). The summed E-state index contributed by atoms with van der Waals surface area (Å²) >= 11 is 0. The topological polar surface area (TPSA) is 97.4 Å². The quantitative estimate of drug-likeness (QED) is 0.495. The lowest BCUT2D eigenvalue weighted by Crippen LogP contribution is -2.09. The Morgan fingerprint density at radius 3 is 1.25 bits per heavy atom. The van der Waals surface area contributed by atoms with Gasteiger partial charge in [0, 0.05) is 21.3 Å². The summed E-state index contributed by atoms with van der Waals surface area (Å²) in [7, 11) is 0.611. The highest BCUT2D eigenvalue weighted by Crippen LogP contribution is 2.46. The van der Waals surface area contributed by atoms with E-state index >= 15 is 0 Å². The molecule has 0 aliphatic rings. The zero-order valence-corrected chi connectivity index (χ0v) is 13.4. The fourth-order valence-corrected chi connectivity index (χ4v) is 1.34. The van der Waals surface area contributed by atoms with Gasteiger partial charge in [-0.15, -0.1) is 0 Å². The van der Waals surface area contributed by atoms with Gasteiger partial charge in [0.15, 0.2) is 0 Å². The van der Waals surface area contributed by atoms with Gasteiger partial charge < -0.3 is 9.47 Å². The molecular formula is C11H23O8P. The fourth-order valence-electron chi connectivity index (χ4n) is 0.894. The predicted molar refractivity (Wildman–Crippen MR) is 71.1 cm³/mol. The van der Waals surface area contributed by atoms with Crippen LogP contribution in [0.2, 0.25) is 0 Å². The minimum Gasteiger partial charge on any atom is -0.466 e. The van der Waals surface area contributed by atoms with Crippen molar-refractivity contribution in [2.24, 2.45) is 0 Å². The lowest BCUT2D eigenvalue weighted by molar-refractivity contribution is -0.149. The van der Waals surface area contributed by atoms with Crippen LogP contribution < -0.4 is 0 Å². The molecule has 0 spiro atoms. The molecule has 0 bridgehead atoms. The zero-order valence-electron chi connectivity index (χ0n) is 12.5. The Morgan fingerprint density at radius 2 is 1.10 bits per heavy atom. The molecule has 0 aromatic rings. The van der Waals surface area contributed by atoms with E-state index in [1.165, 1.54) is 21.3 Å². The highest BCUT2D eigenvalue weighted by atomic mass is 31.2. The average molecular weight is 314 g/mol. The molecule has 0 heterocycles. The second-order valence-electron chi connectivity index (χ2n) is 3.10. The first-order valence-electron chi connectivity index (χ1n) is 5.97. The Morgan fingerprint density at radius 1 is 0.800 bits per heavy atom. The number of hydrogen-bond acceptors (Lipinski definition) is 8. The van der Waals surface area contributed by atoms with Crippen LogP contribution in [0, 0.1) is 0 Å². The molecule has 0 saturated heterocycles. The van der Waals surface area contributed by atoms with Crippen LogP contribution in [-0.2, 0) is 37.2 Å². The standard InChI is InChI=1S/C8H14O4.C3H9O4P/c1-3-11-7(9)5-6-8(10)12-4-2;1-5-8(4,6-2)7-3/h3-6H2,1-2H3;1-3H3. The highest BCUT2D eigenvalue weighted by molar-refractivity contribution is 7.48. The third-order valence-corrected chi connectivity index (χ3v) is 3.16. The largest absolute Gasteiger partial charge is 0.473 e. The normalized spacial score (nSPS) is 10.2. The van der Waals surface area contributed by atoms with Crippen LogP contribution in [0.1, 0.15) is 26.7 Å². The third kappa shape index (κ3) is 12.1. The molecule has 0 radical (unpaired) electrons. The molecule has 20 heavy (non-hydrogen) atoms. The van der Waals surface area contributed by atoms with E-state index in [1.807, 2.05) is 0 Å². The average Bonchev–Trinajstić information content (AvgIpc) is 2.45. The molecule has 0 amide bonds. The van der Waals surface area contributed by atoms with Crippen LogP contribution in [0.25, 0.3) is 0 Å². The van der Waals surface area contributed by atoms with Gasteiger partial charge in [0.25, 0.3) is 0 Å². The summed E-state index contributed by atoms with van der Waals surface area (Å²) in [5.74, 6) is -0.712. The van der Waals surface area contributed by atoms with E-state index in [1.54, 1.807) is 13.8 Å². The molecule has 0 atom stereocenters. The summed E-state index contributed by atoms with van der Waals surface area (Å²) in [4.78, 5) is 21.4. The molecule has 0 N–H and O–H groups in total. The van der Waals surface area contributed by atoms with E-state index in [0.29, 0.717) is 13.2 Å². The molecule has 120 valence electrons. The van der Waals surface area contributed by atoms with Crippen LogP contribution in [0.5, 0.6) is 0 Å². The Bertz CT molecular complexity index is 281. The first-order valence-corrected chi connectivity index (χ1v) is 7.43. The van der Waals surface area contributed by atoms with Crippen LogP contribution in [0.15, 0.2) is 0 Å². The number of hydrogen-bond donors (Lipinski definition) is 0. The summed E-state index contributed by atoms with van der Waals surface area (Å²) in [6.45, 7) is 4.15. The lowest BCUT2D eigenvalue weighted by Gasteiger charge is -2.08. The Balaban J connectivity index is 0. The molecular weight excluding hydrogens is 291 g/mol. The molecule has 0 unspecified atom stereocenters. The molecule has 0 saturated carbocycles. The van der Waals surface area contributed by atoms with Crippen molar-refractivity contribution in [3.63, 3.8) is 0 Å². The van der Waals surface area contributed by atoms with Gasteiger partial charge in [-0.25, -0.2) is 4.57 Å². The number of ether oxygens (including phenoxy) is 2. The van der Waals surface area contributed by atoms with Gasteiger partial charge in [0.05, 0.1) is 26.1 Å². The van der Waals surface area contributed by atoms with Crippen molar-refractivity contribution in [3.05, 3.63) is 0 Å². The van der Waals surface area contributed by atoms with E-state index in [-0.39, 0.29) is 24.8 Å². The van der Waals surface area contributed by atoms with Crippen molar-refractivity contribution in [1.29, 1.82) is 0 Å². The molecule has 0 fully saturated rings. The molecule has 0 aromatic carbocycles. The van der Waals surface area contributed by atoms with Gasteiger partial charge in [-0.2, -0.15) is 0 Å². The maximum absolute atomic E-state index is 10.7. The van der Waals surface area contributed by atoms with Crippen LogP contribution >= 0.6 is 7.82 Å². The number of phosphoric ester groups is 1. The molecule has 0 aromatic heterocycles. The number of carbonyl (C=O) groups excluding carboxylic acids is 2. The fraction of sp³-hybridized carbons (Fsp3) is 0.818. The third-order valence-electron chi connectivity index (χ3n) is 1.81. The Kier molecular flexibility index (Phi) is 13.9. The highest BCUT2D eigenvalue weighted by Gasteiger charge is 2.18. The number of phosphoric acid groups is 1. The van der Waals surface area contributed by atoms with Crippen molar-refractivity contribution in [1.82, 2.24) is 0 Å². The molecule has 9 heteroatoms. The first-order chi connectivity index (χ1) is 9.38. The Hall–Kier alpha value is -0.950. The number of carbonyl (C=O) groups is 2. The van der Waals surface area contributed by atoms with E-state index in [0.717, 1.165) is 0 Å². The second kappa shape index (κ2) is 13.1. The minimum absolute atomic E-state index is 0.104. The zero-order chi connectivity index (χ0) is 16.0. The summed E-state index contributed by atoms with van der Waals surface area (Å²) in [5.41, 5.74) is 0. The van der Waals surface area contributed by atoms with Gasteiger partial charge in [-0.1, -0.05) is 0 Å². The van der Waals surface area contributed by atoms with Crippen LogP contribution in [-0.4, -0.2) is 46.5 Å². The maximum atomic E-state index is 10.7. The monoisotopic (exact) mass is 314 g/mol. The number of rotatable bonds is 8. The second-order valence-corrected chi connectivity index (χ2v) is 5.09. The summed E-state index contributed by atoms with van der Waals surface area (Å²) in [6.07, 6.45) is 0.208. The smallest absolute Gasteiger partial charge is 0.466 e. The van der Waals surface area contributed by atoms with Crippen molar-refractivity contribution in [3.8, 4) is 0 Å². The summed E-state index contributed by atoms with van der Waals surface area (Å²) < 4.78 is 32.9. The predicted octanol–water partition coefficient (Wildman–Crippen LogP) is 1.93. The van der Waals surface area contributed by atoms with Gasteiger partial charge in [0.2, 0.25) is 0 Å². The molecule has 0 aliphatic heterocycles. The molecule has 8 nitrogen and oxygen atoms in total. The van der Waals surface area contributed by atoms with Gasteiger partial charge in [-0.3, -0.25) is 23.2 Å². The van der Waals surface area contributed by atoms with Gasteiger partial charge in [-0.05, 0) is 13.8 Å². The minimum atomic E-state index is -3.16. The van der Waals surface area contributed by atoms with E-state index in [9.17, 15) is 14.2 Å². The summed E-state index contributed by atoms with van der Waals surface area (Å²) in [5, 5.41) is 0. The SMILES string of the molecule is CCOC(=O)CCC(=O)OCC.COP(=O)(OC)OC. The Labute approximate surface area is 119 Å². The van der Waals surface area contributed by atoms with Gasteiger partial charge >= 0.3 is 19.8 Å². The number of esters is 2. The van der Waals surface area contributed by atoms with Crippen molar-refractivity contribution in [2.45, 2.75) is 26.7 Å². The van der Waals surface area contributed by atoms with Crippen molar-refractivity contribution >= 4 is 19.8 Å². The molecule has 0 aliphatic carbocycles. The first kappa shape index (κ1) is 21.4. The van der Waals surface area contributed by atoms with Crippen molar-refractivity contribution in [2.75, 3.05) is 34.5 Å². The van der Waals surface area contributed by atoms with E-state index in [4.69, 9.17) is 0 Å². The summed E-state index contributed by atoms with van der Waals surface area (Å²) in [6, 6.07) is 0.